The van der Waals surface area contributed by atoms with E-state index in [0.29, 0.717) is 11.4 Å². The summed E-state index contributed by atoms with van der Waals surface area (Å²) in [5.41, 5.74) is 2.49. The van der Waals surface area contributed by atoms with Crippen molar-refractivity contribution in [2.75, 3.05) is 7.11 Å². The Morgan fingerprint density at radius 2 is 1.61 bits per heavy atom. The first kappa shape index (κ1) is 23.1. The third-order valence-electron chi connectivity index (χ3n) is 3.17. The number of hydrogen-bond donors (Lipinski definition) is 0. The van der Waals surface area contributed by atoms with Crippen molar-refractivity contribution in [3.8, 4) is 5.88 Å². The van der Waals surface area contributed by atoms with Gasteiger partial charge in [-0.25, -0.2) is 9.37 Å². The molecule has 154 valence electrons. The molecule has 0 saturated heterocycles. The van der Waals surface area contributed by atoms with E-state index in [4.69, 9.17) is 4.74 Å². The number of hydrogen-bond acceptors (Lipinski definition) is 4. The lowest BCUT2D eigenvalue weighted by Crippen LogP contribution is -2.17. The Bertz CT molecular complexity index is 841. The van der Waals surface area contributed by atoms with Gasteiger partial charge in [-0.15, -0.1) is 0 Å². The highest BCUT2D eigenvalue weighted by molar-refractivity contribution is 5.20. The summed E-state index contributed by atoms with van der Waals surface area (Å²) in [4.78, 5) is 3.66. The molecule has 3 rings (SSSR count). The molecule has 3 aromatic rings. The van der Waals surface area contributed by atoms with Crippen LogP contribution in [0.25, 0.3) is 0 Å². The van der Waals surface area contributed by atoms with Gasteiger partial charge in [0.2, 0.25) is 5.88 Å². The van der Waals surface area contributed by atoms with Crippen molar-refractivity contribution in [3.63, 3.8) is 0 Å². The fourth-order valence-corrected chi connectivity index (χ4v) is 1.91. The zero-order valence-corrected chi connectivity index (χ0v) is 16.3. The predicted octanol–water partition coefficient (Wildman–Crippen LogP) is 4.02. The molecule has 0 saturated carbocycles. The standard InChI is InChI=1S/C7H8FNO.C6H7F3N2.C5H8N2/c1-5-3-7(10-2)9-4-6(5)8;1-5-2-10-11(3-5)4-6(7,8)9;1-5-3-6-7(2)4-5/h3-4H,1-2H3;2-3H,4H2,1H3;3-4H,1-2H3. The fourth-order valence-electron chi connectivity index (χ4n) is 1.91. The van der Waals surface area contributed by atoms with E-state index in [0.717, 1.165) is 16.4 Å². The van der Waals surface area contributed by atoms with E-state index < -0.39 is 12.7 Å². The summed E-state index contributed by atoms with van der Waals surface area (Å²) in [6.07, 6.45) is 3.52. The summed E-state index contributed by atoms with van der Waals surface area (Å²) in [6, 6.07) is 1.55. The zero-order chi connectivity index (χ0) is 21.3. The van der Waals surface area contributed by atoms with Gasteiger partial charge in [-0.2, -0.15) is 23.4 Å². The Morgan fingerprint density at radius 1 is 1.00 bits per heavy atom. The molecule has 0 radical (unpaired) electrons. The van der Waals surface area contributed by atoms with E-state index in [-0.39, 0.29) is 5.82 Å². The maximum absolute atomic E-state index is 12.5. The van der Waals surface area contributed by atoms with Crippen LogP contribution in [0, 0.1) is 26.6 Å². The summed E-state index contributed by atoms with van der Waals surface area (Å²) in [7, 11) is 3.41. The van der Waals surface area contributed by atoms with E-state index in [2.05, 4.69) is 15.2 Å². The molecule has 3 heterocycles. The summed E-state index contributed by atoms with van der Waals surface area (Å²) in [5, 5.41) is 7.43. The van der Waals surface area contributed by atoms with Gasteiger partial charge in [-0.05, 0) is 37.5 Å². The summed E-state index contributed by atoms with van der Waals surface area (Å²) in [6.45, 7) is 4.37. The fraction of sp³-hybridized carbons (Fsp3) is 0.389. The van der Waals surface area contributed by atoms with Gasteiger partial charge in [0.15, 0.2) is 0 Å². The molecule has 0 atom stereocenters. The summed E-state index contributed by atoms with van der Waals surface area (Å²) < 4.78 is 55.0. The van der Waals surface area contributed by atoms with E-state index >= 15 is 0 Å². The number of aryl methyl sites for hydroxylation is 4. The lowest BCUT2D eigenvalue weighted by molar-refractivity contribution is -0.142. The number of halogens is 4. The van der Waals surface area contributed by atoms with Crippen molar-refractivity contribution < 1.29 is 22.3 Å². The molecule has 0 aliphatic carbocycles. The third-order valence-corrected chi connectivity index (χ3v) is 3.17. The Balaban J connectivity index is 0.000000215. The maximum Gasteiger partial charge on any atom is 0.408 e. The monoisotopic (exact) mass is 401 g/mol. The molecule has 0 bridgehead atoms. The number of rotatable bonds is 2. The number of aromatic nitrogens is 5. The smallest absolute Gasteiger partial charge is 0.408 e. The molecular weight excluding hydrogens is 378 g/mol. The second-order valence-electron chi connectivity index (χ2n) is 6.00. The molecule has 0 amide bonds. The first-order chi connectivity index (χ1) is 13.0. The maximum atomic E-state index is 12.5. The largest absolute Gasteiger partial charge is 0.481 e. The van der Waals surface area contributed by atoms with Crippen LogP contribution in [0.3, 0.4) is 0 Å². The van der Waals surface area contributed by atoms with E-state index in [1.54, 1.807) is 24.6 Å². The molecule has 0 aliphatic rings. The third kappa shape index (κ3) is 9.15. The van der Waals surface area contributed by atoms with Gasteiger partial charge >= 0.3 is 6.18 Å². The van der Waals surface area contributed by atoms with Crippen molar-refractivity contribution in [2.24, 2.45) is 7.05 Å². The van der Waals surface area contributed by atoms with Crippen LogP contribution < -0.4 is 4.74 Å². The van der Waals surface area contributed by atoms with Gasteiger partial charge in [0.05, 0.1) is 25.7 Å². The predicted molar refractivity (Wildman–Crippen MR) is 96.4 cm³/mol. The Morgan fingerprint density at radius 3 is 1.96 bits per heavy atom. The van der Waals surface area contributed by atoms with E-state index in [9.17, 15) is 17.6 Å². The van der Waals surface area contributed by atoms with Crippen LogP contribution in [-0.2, 0) is 13.6 Å². The topological polar surface area (TPSA) is 57.8 Å². The summed E-state index contributed by atoms with van der Waals surface area (Å²) >= 11 is 0. The molecule has 0 N–H and O–H groups in total. The van der Waals surface area contributed by atoms with Crippen LogP contribution in [-0.4, -0.2) is 37.8 Å². The van der Waals surface area contributed by atoms with Gasteiger partial charge in [0.1, 0.15) is 12.4 Å². The van der Waals surface area contributed by atoms with Crippen LogP contribution in [0.4, 0.5) is 17.6 Å². The van der Waals surface area contributed by atoms with Gasteiger partial charge in [-0.1, -0.05) is 0 Å². The molecule has 0 aromatic carbocycles. The minimum absolute atomic E-state index is 0.305. The highest BCUT2D eigenvalue weighted by Gasteiger charge is 2.28. The Labute approximate surface area is 160 Å². The van der Waals surface area contributed by atoms with E-state index in [1.807, 2.05) is 26.4 Å². The van der Waals surface area contributed by atoms with Crippen LogP contribution in [0.5, 0.6) is 5.88 Å². The molecule has 0 spiro atoms. The van der Waals surface area contributed by atoms with Crippen LogP contribution in [0.15, 0.2) is 37.1 Å². The Kier molecular flexibility index (Phi) is 8.62. The Hall–Kier alpha value is -2.91. The number of nitrogens with zero attached hydrogens (tertiary/aromatic N) is 5. The van der Waals surface area contributed by atoms with Crippen molar-refractivity contribution in [3.05, 3.63) is 59.6 Å². The number of pyridine rings is 1. The average molecular weight is 401 g/mol. The molecule has 0 aliphatic heterocycles. The normalized spacial score (nSPS) is 10.5. The van der Waals surface area contributed by atoms with Crippen LogP contribution in [0.2, 0.25) is 0 Å². The highest BCUT2D eigenvalue weighted by Crippen LogP contribution is 2.16. The molecule has 28 heavy (non-hydrogen) atoms. The average Bonchev–Trinajstić information content (AvgIpc) is 3.17. The van der Waals surface area contributed by atoms with Gasteiger partial charge < -0.3 is 4.74 Å². The molecular formula is C18H23F4N5O. The van der Waals surface area contributed by atoms with Crippen LogP contribution >= 0.6 is 0 Å². The van der Waals surface area contributed by atoms with Gasteiger partial charge in [0.25, 0.3) is 0 Å². The highest BCUT2D eigenvalue weighted by atomic mass is 19.4. The molecule has 0 unspecified atom stereocenters. The van der Waals surface area contributed by atoms with Crippen molar-refractivity contribution in [1.82, 2.24) is 24.5 Å². The summed E-state index contributed by atoms with van der Waals surface area (Å²) in [5.74, 6) is 0.139. The lowest BCUT2D eigenvalue weighted by Gasteiger charge is -2.04. The quantitative estimate of drug-likeness (QED) is 0.609. The van der Waals surface area contributed by atoms with Crippen LogP contribution in [0.1, 0.15) is 16.7 Å². The number of ether oxygens (including phenoxy) is 1. The van der Waals surface area contributed by atoms with E-state index in [1.165, 1.54) is 25.1 Å². The number of methoxy groups -OCH3 is 1. The SMILES string of the molecule is COc1cc(C)c(F)cn1.Cc1cnn(C)c1.Cc1cnn(CC(F)(F)F)c1. The lowest BCUT2D eigenvalue weighted by atomic mass is 10.3. The first-order valence-electron chi connectivity index (χ1n) is 8.17. The minimum atomic E-state index is -4.18. The minimum Gasteiger partial charge on any atom is -0.481 e. The van der Waals surface area contributed by atoms with Crippen molar-refractivity contribution >= 4 is 0 Å². The first-order valence-corrected chi connectivity index (χ1v) is 8.17. The number of alkyl halides is 3. The molecule has 3 aromatic heterocycles. The zero-order valence-electron chi connectivity index (χ0n) is 16.3. The second-order valence-corrected chi connectivity index (χ2v) is 6.00. The van der Waals surface area contributed by atoms with Crippen molar-refractivity contribution in [1.29, 1.82) is 0 Å². The molecule has 6 nitrogen and oxygen atoms in total. The van der Waals surface area contributed by atoms with Gasteiger partial charge in [-0.3, -0.25) is 9.36 Å². The molecule has 10 heteroatoms. The second kappa shape index (κ2) is 10.4. The van der Waals surface area contributed by atoms with Gasteiger partial charge in [0, 0.05) is 25.5 Å². The molecule has 0 fully saturated rings. The van der Waals surface area contributed by atoms with Crippen molar-refractivity contribution in [2.45, 2.75) is 33.5 Å².